The average Bonchev–Trinajstić information content (AvgIpc) is 3.29. The number of nitrogens with zero attached hydrogens (tertiary/aromatic N) is 3. The highest BCUT2D eigenvalue weighted by atomic mass is 32.1. The Morgan fingerprint density at radius 3 is 2.53 bits per heavy atom. The third-order valence-corrected chi connectivity index (χ3v) is 6.52. The Morgan fingerprint density at radius 1 is 1.13 bits per heavy atom. The van der Waals surface area contributed by atoms with Gasteiger partial charge in [-0.1, -0.05) is 30.3 Å². The topological polar surface area (TPSA) is 55.3 Å². The van der Waals surface area contributed by atoms with E-state index in [-0.39, 0.29) is 17.6 Å². The maximum absolute atomic E-state index is 13.7. The predicted octanol–water partition coefficient (Wildman–Crippen LogP) is 5.19. The lowest BCUT2D eigenvalue weighted by atomic mass is 9.92. The minimum absolute atomic E-state index is 0.00846. The summed E-state index contributed by atoms with van der Waals surface area (Å²) in [5.74, 6) is -0.00846. The zero-order chi connectivity index (χ0) is 21.4. The lowest BCUT2D eigenvalue weighted by molar-refractivity contribution is -0.0785. The van der Waals surface area contributed by atoms with Gasteiger partial charge in [0.25, 0.3) is 5.91 Å². The molecule has 1 aliphatic rings. The lowest BCUT2D eigenvalue weighted by Gasteiger charge is -2.36. The van der Waals surface area contributed by atoms with Crippen LogP contribution in [0.3, 0.4) is 0 Å². The minimum atomic E-state index is -0.440. The van der Waals surface area contributed by atoms with Crippen molar-refractivity contribution in [2.75, 3.05) is 0 Å². The van der Waals surface area contributed by atoms with Crippen LogP contribution in [0.15, 0.2) is 61.1 Å². The Balaban J connectivity index is 1.67. The van der Waals surface area contributed by atoms with Crippen LogP contribution in [0.4, 0.5) is 0 Å². The zero-order valence-electron chi connectivity index (χ0n) is 17.8. The highest BCUT2D eigenvalue weighted by molar-refractivity contribution is 7.16. The number of benzene rings is 1. The van der Waals surface area contributed by atoms with Crippen LogP contribution in [0.25, 0.3) is 10.6 Å². The fourth-order valence-corrected chi connectivity index (χ4v) is 5.12. The highest BCUT2D eigenvalue weighted by Crippen LogP contribution is 2.41. The summed E-state index contributed by atoms with van der Waals surface area (Å²) in [5, 5.41) is 0.799. The first-order valence-corrected chi connectivity index (χ1v) is 11.0. The van der Waals surface area contributed by atoms with E-state index in [0.717, 1.165) is 22.6 Å². The second-order valence-electron chi connectivity index (χ2n) is 8.88. The molecule has 1 atom stereocenters. The quantitative estimate of drug-likeness (QED) is 0.569. The molecule has 1 aromatic carbocycles. The molecule has 1 amide bonds. The summed E-state index contributed by atoms with van der Waals surface area (Å²) in [4.78, 5) is 24.9. The monoisotopic (exact) mass is 421 g/mol. The molecule has 156 valence electrons. The molecule has 1 fully saturated rings. The normalized spacial score (nSPS) is 19.5. The van der Waals surface area contributed by atoms with Crippen LogP contribution in [0.2, 0.25) is 0 Å². The smallest absolute Gasteiger partial charge is 0.266 e. The second-order valence-corrected chi connectivity index (χ2v) is 9.91. The molecule has 0 spiro atoms. The van der Waals surface area contributed by atoms with Crippen LogP contribution in [0, 0.1) is 0 Å². The number of rotatable bonds is 5. The van der Waals surface area contributed by atoms with E-state index in [9.17, 15) is 4.79 Å². The number of ether oxygens (including phenoxy) is 1. The largest absolute Gasteiger partial charge is 0.367 e. The Kier molecular flexibility index (Phi) is 5.47. The third-order valence-electron chi connectivity index (χ3n) is 5.48. The number of carbonyl (C=O) groups is 1. The molecule has 0 aliphatic carbocycles. The molecule has 0 radical (unpaired) electrons. The van der Waals surface area contributed by atoms with Gasteiger partial charge in [0.1, 0.15) is 9.88 Å². The molecule has 3 heterocycles. The van der Waals surface area contributed by atoms with Gasteiger partial charge in [-0.2, -0.15) is 0 Å². The summed E-state index contributed by atoms with van der Waals surface area (Å²) < 4.78 is 6.31. The Bertz CT molecular complexity index is 1020. The summed E-state index contributed by atoms with van der Waals surface area (Å²) in [6.45, 7) is 8.87. The van der Waals surface area contributed by atoms with E-state index in [1.807, 2.05) is 35.2 Å². The first kappa shape index (κ1) is 20.7. The van der Waals surface area contributed by atoms with Gasteiger partial charge in [-0.05, 0) is 51.8 Å². The van der Waals surface area contributed by atoms with Crippen LogP contribution >= 0.6 is 11.3 Å². The van der Waals surface area contributed by atoms with Gasteiger partial charge in [-0.15, -0.1) is 11.3 Å². The molecular weight excluding hydrogens is 394 g/mol. The Morgan fingerprint density at radius 2 is 1.90 bits per heavy atom. The number of amides is 1. The summed E-state index contributed by atoms with van der Waals surface area (Å²) >= 11 is 1.41. The van der Waals surface area contributed by atoms with Crippen LogP contribution in [0.5, 0.6) is 0 Å². The van der Waals surface area contributed by atoms with Gasteiger partial charge in [0.15, 0.2) is 0 Å². The standard InChI is InChI=1S/C24H27N3O2S/c1-23(2)13-20(24(3,4)29-23)27(16-17-9-6-5-7-10-17)22(28)19-15-26-21(30-19)18-11-8-12-25-14-18/h5-12,14-15,20H,13,16H2,1-4H3/t20-/m1/s1. The predicted molar refractivity (Wildman–Crippen MR) is 119 cm³/mol. The van der Waals surface area contributed by atoms with E-state index < -0.39 is 5.60 Å². The number of aromatic nitrogens is 2. The van der Waals surface area contributed by atoms with E-state index in [1.165, 1.54) is 11.3 Å². The van der Waals surface area contributed by atoms with Crippen LogP contribution in [-0.4, -0.2) is 38.0 Å². The van der Waals surface area contributed by atoms with Crippen LogP contribution in [-0.2, 0) is 11.3 Å². The van der Waals surface area contributed by atoms with Crippen molar-refractivity contribution in [1.82, 2.24) is 14.9 Å². The molecule has 30 heavy (non-hydrogen) atoms. The van der Waals surface area contributed by atoms with E-state index in [2.05, 4.69) is 49.8 Å². The van der Waals surface area contributed by atoms with Crippen LogP contribution < -0.4 is 0 Å². The number of hydrogen-bond donors (Lipinski definition) is 0. The van der Waals surface area contributed by atoms with Gasteiger partial charge in [0.05, 0.1) is 23.4 Å². The molecule has 1 aliphatic heterocycles. The minimum Gasteiger partial charge on any atom is -0.367 e. The molecule has 4 rings (SSSR count). The third kappa shape index (κ3) is 4.30. The van der Waals surface area contributed by atoms with Crippen LogP contribution in [0.1, 0.15) is 49.4 Å². The van der Waals surface area contributed by atoms with Gasteiger partial charge >= 0.3 is 0 Å². The van der Waals surface area contributed by atoms with E-state index >= 15 is 0 Å². The first-order chi connectivity index (χ1) is 14.3. The highest BCUT2D eigenvalue weighted by Gasteiger charge is 2.49. The van der Waals surface area contributed by atoms with E-state index in [0.29, 0.717) is 11.4 Å². The van der Waals surface area contributed by atoms with Crippen molar-refractivity contribution in [3.63, 3.8) is 0 Å². The second kappa shape index (κ2) is 7.93. The molecule has 0 saturated carbocycles. The number of pyridine rings is 1. The Labute approximate surface area is 181 Å². The molecule has 6 heteroatoms. The fourth-order valence-electron chi connectivity index (χ4n) is 4.26. The van der Waals surface area contributed by atoms with Gasteiger partial charge in [0.2, 0.25) is 0 Å². The lowest BCUT2D eigenvalue weighted by Crippen LogP contribution is -2.48. The molecule has 0 bridgehead atoms. The molecule has 0 N–H and O–H groups in total. The molecule has 0 unspecified atom stereocenters. The number of thiazole rings is 1. The van der Waals surface area contributed by atoms with Gasteiger partial charge < -0.3 is 9.64 Å². The van der Waals surface area contributed by atoms with Gasteiger partial charge in [-0.25, -0.2) is 4.98 Å². The van der Waals surface area contributed by atoms with Gasteiger partial charge in [-0.3, -0.25) is 9.78 Å². The molecule has 2 aromatic heterocycles. The zero-order valence-corrected chi connectivity index (χ0v) is 18.6. The number of carbonyl (C=O) groups excluding carboxylic acids is 1. The van der Waals surface area contributed by atoms with Gasteiger partial charge in [0, 0.05) is 24.5 Å². The maximum atomic E-state index is 13.7. The van der Waals surface area contributed by atoms with E-state index in [4.69, 9.17) is 4.74 Å². The van der Waals surface area contributed by atoms with Crippen molar-refractivity contribution in [1.29, 1.82) is 0 Å². The van der Waals surface area contributed by atoms with Crippen molar-refractivity contribution in [2.24, 2.45) is 0 Å². The van der Waals surface area contributed by atoms with Crippen molar-refractivity contribution in [2.45, 2.75) is 57.9 Å². The number of hydrogen-bond acceptors (Lipinski definition) is 5. The summed E-state index contributed by atoms with van der Waals surface area (Å²) in [7, 11) is 0. The molecule has 5 nitrogen and oxygen atoms in total. The first-order valence-electron chi connectivity index (χ1n) is 10.2. The SMILES string of the molecule is CC1(C)C[C@@H](N(Cc2ccccc2)C(=O)c2cnc(-c3cccnc3)s2)C(C)(C)O1. The maximum Gasteiger partial charge on any atom is 0.266 e. The molecule has 1 saturated heterocycles. The summed E-state index contributed by atoms with van der Waals surface area (Å²) in [6, 6.07) is 13.9. The van der Waals surface area contributed by atoms with E-state index in [1.54, 1.807) is 18.6 Å². The van der Waals surface area contributed by atoms with Crippen molar-refractivity contribution in [3.8, 4) is 10.6 Å². The van der Waals surface area contributed by atoms with Crippen molar-refractivity contribution in [3.05, 3.63) is 71.5 Å². The molecular formula is C24H27N3O2S. The fraction of sp³-hybridized carbons (Fsp3) is 0.375. The van der Waals surface area contributed by atoms with Crippen molar-refractivity contribution < 1.29 is 9.53 Å². The Hall–Kier alpha value is -2.57. The average molecular weight is 422 g/mol. The summed E-state index contributed by atoms with van der Waals surface area (Å²) in [5.41, 5.74) is 1.30. The molecule has 3 aromatic rings. The van der Waals surface area contributed by atoms with Crippen molar-refractivity contribution >= 4 is 17.2 Å². The summed E-state index contributed by atoms with van der Waals surface area (Å²) in [6.07, 6.45) is 5.97.